The first-order valence-corrected chi connectivity index (χ1v) is 9.56. The van der Waals surface area contributed by atoms with Crippen molar-refractivity contribution in [3.8, 4) is 11.5 Å². The summed E-state index contributed by atoms with van der Waals surface area (Å²) in [6, 6.07) is 15.0. The number of nitrogens with zero attached hydrogens (tertiary/aromatic N) is 2. The number of aromatic nitrogens is 2. The molecule has 0 spiro atoms. The van der Waals surface area contributed by atoms with Crippen molar-refractivity contribution in [2.45, 2.75) is 32.2 Å². The van der Waals surface area contributed by atoms with Crippen LogP contribution in [0.3, 0.4) is 0 Å². The van der Waals surface area contributed by atoms with Gasteiger partial charge in [-0.05, 0) is 30.3 Å². The van der Waals surface area contributed by atoms with Gasteiger partial charge in [0.05, 0.1) is 20.3 Å². The molecule has 4 rings (SSSR count). The predicted octanol–water partition coefficient (Wildman–Crippen LogP) is 4.47. The highest BCUT2D eigenvalue weighted by Gasteiger charge is 2.45. The Hall–Kier alpha value is -3.28. The lowest BCUT2D eigenvalue weighted by atomic mass is 9.85. The summed E-state index contributed by atoms with van der Waals surface area (Å²) in [6.45, 7) is 6.34. The Balaban J connectivity index is 1.95. The van der Waals surface area contributed by atoms with E-state index < -0.39 is 0 Å². The van der Waals surface area contributed by atoms with E-state index in [0.29, 0.717) is 5.69 Å². The summed E-state index contributed by atoms with van der Waals surface area (Å²) in [7, 11) is 3.27. The van der Waals surface area contributed by atoms with E-state index in [9.17, 15) is 4.79 Å². The van der Waals surface area contributed by atoms with E-state index in [4.69, 9.17) is 9.47 Å². The van der Waals surface area contributed by atoms with Crippen LogP contribution >= 0.6 is 0 Å². The van der Waals surface area contributed by atoms with E-state index in [1.807, 2.05) is 48.5 Å². The minimum atomic E-state index is -0.338. The molecule has 1 N–H and O–H groups in total. The third kappa shape index (κ3) is 3.05. The number of aromatic amines is 1. The van der Waals surface area contributed by atoms with Gasteiger partial charge in [-0.3, -0.25) is 14.8 Å². The van der Waals surface area contributed by atoms with Crippen molar-refractivity contribution < 1.29 is 14.3 Å². The highest BCUT2D eigenvalue weighted by molar-refractivity contribution is 6.10. The van der Waals surface area contributed by atoms with Crippen LogP contribution in [0.5, 0.6) is 11.5 Å². The fourth-order valence-corrected chi connectivity index (χ4v) is 3.91. The second-order valence-electron chi connectivity index (χ2n) is 8.13. The van der Waals surface area contributed by atoms with Gasteiger partial charge in [0.2, 0.25) is 0 Å². The average Bonchev–Trinajstić information content (AvgIpc) is 3.27. The van der Waals surface area contributed by atoms with Gasteiger partial charge >= 0.3 is 0 Å². The molecule has 29 heavy (non-hydrogen) atoms. The summed E-state index contributed by atoms with van der Waals surface area (Å²) < 4.78 is 10.9. The van der Waals surface area contributed by atoms with Crippen LogP contribution in [0.25, 0.3) is 0 Å². The van der Waals surface area contributed by atoms with E-state index in [0.717, 1.165) is 34.0 Å². The molecule has 0 unspecified atom stereocenters. The zero-order chi connectivity index (χ0) is 20.8. The number of hydrogen-bond acceptors (Lipinski definition) is 4. The van der Waals surface area contributed by atoms with Crippen LogP contribution in [0.15, 0.2) is 48.5 Å². The highest BCUT2D eigenvalue weighted by atomic mass is 16.5. The molecule has 0 saturated heterocycles. The maximum Gasteiger partial charge on any atom is 0.280 e. The fraction of sp³-hybridized carbons (Fsp3) is 0.304. The number of para-hydroxylation sites is 1. The van der Waals surface area contributed by atoms with Gasteiger partial charge in [0, 0.05) is 27.9 Å². The molecule has 1 atom stereocenters. The lowest BCUT2D eigenvalue weighted by Crippen LogP contribution is -2.30. The Labute approximate surface area is 170 Å². The summed E-state index contributed by atoms with van der Waals surface area (Å²) in [6.07, 6.45) is 0. The van der Waals surface area contributed by atoms with Crippen molar-refractivity contribution in [1.82, 2.24) is 10.2 Å². The molecular weight excluding hydrogens is 366 g/mol. The molecule has 0 fully saturated rings. The first-order valence-electron chi connectivity index (χ1n) is 9.56. The molecule has 2 heterocycles. The number of fused-ring (bicyclic) bond motifs is 1. The van der Waals surface area contributed by atoms with Crippen LogP contribution in [0.1, 0.15) is 54.1 Å². The first-order chi connectivity index (χ1) is 13.9. The number of hydrogen-bond donors (Lipinski definition) is 1. The van der Waals surface area contributed by atoms with Gasteiger partial charge in [-0.15, -0.1) is 0 Å². The molecule has 1 aromatic heterocycles. The number of rotatable bonds is 4. The van der Waals surface area contributed by atoms with E-state index in [-0.39, 0.29) is 17.4 Å². The maximum atomic E-state index is 13.4. The van der Waals surface area contributed by atoms with E-state index >= 15 is 0 Å². The molecule has 6 nitrogen and oxygen atoms in total. The second-order valence-corrected chi connectivity index (χ2v) is 8.13. The molecule has 3 aromatic rings. The largest absolute Gasteiger partial charge is 0.497 e. The highest BCUT2D eigenvalue weighted by Crippen LogP contribution is 2.47. The number of carbonyl (C=O) groups is 1. The van der Waals surface area contributed by atoms with Gasteiger partial charge in [-0.2, -0.15) is 5.10 Å². The average molecular weight is 391 g/mol. The predicted molar refractivity (Wildman–Crippen MR) is 112 cm³/mol. The van der Waals surface area contributed by atoms with Gasteiger partial charge in [0.15, 0.2) is 5.69 Å². The standard InChI is InChI=1S/C23H25N3O3/c1-23(2,3)21-18-19(24-25-21)22(27)26(14-10-12-15(28-4)13-11-14)20(18)16-8-6-7-9-17(16)29-5/h6-13,20H,1-5H3,(H,24,25)/t20-/m0/s1. The zero-order valence-corrected chi connectivity index (χ0v) is 17.3. The molecule has 0 bridgehead atoms. The number of H-pyrrole nitrogens is 1. The zero-order valence-electron chi connectivity index (χ0n) is 17.3. The molecule has 1 aliphatic rings. The Morgan fingerprint density at radius 2 is 1.69 bits per heavy atom. The summed E-state index contributed by atoms with van der Waals surface area (Å²) in [5, 5.41) is 7.52. The number of amides is 1. The van der Waals surface area contributed by atoms with Crippen molar-refractivity contribution in [3.05, 3.63) is 71.0 Å². The van der Waals surface area contributed by atoms with Crippen LogP contribution in [-0.2, 0) is 5.41 Å². The van der Waals surface area contributed by atoms with Crippen LogP contribution in [0.4, 0.5) is 5.69 Å². The number of nitrogens with one attached hydrogen (secondary N) is 1. The number of methoxy groups -OCH3 is 2. The van der Waals surface area contributed by atoms with Crippen LogP contribution in [0, 0.1) is 0 Å². The summed E-state index contributed by atoms with van der Waals surface area (Å²) in [5.41, 5.74) is 3.82. The fourth-order valence-electron chi connectivity index (χ4n) is 3.91. The number of benzene rings is 2. The lowest BCUT2D eigenvalue weighted by Gasteiger charge is -2.29. The Morgan fingerprint density at radius 3 is 2.31 bits per heavy atom. The third-order valence-corrected chi connectivity index (χ3v) is 5.29. The van der Waals surface area contributed by atoms with Crippen LogP contribution in [-0.4, -0.2) is 30.3 Å². The third-order valence-electron chi connectivity index (χ3n) is 5.29. The van der Waals surface area contributed by atoms with Gasteiger partial charge in [0.25, 0.3) is 5.91 Å². The van der Waals surface area contributed by atoms with Crippen molar-refractivity contribution >= 4 is 11.6 Å². The number of carbonyl (C=O) groups excluding carboxylic acids is 1. The molecule has 150 valence electrons. The Morgan fingerprint density at radius 1 is 1.00 bits per heavy atom. The minimum Gasteiger partial charge on any atom is -0.497 e. The van der Waals surface area contributed by atoms with Crippen molar-refractivity contribution in [3.63, 3.8) is 0 Å². The number of anilines is 1. The molecule has 0 radical (unpaired) electrons. The van der Waals surface area contributed by atoms with Gasteiger partial charge in [-0.1, -0.05) is 39.0 Å². The quantitative estimate of drug-likeness (QED) is 0.712. The molecule has 6 heteroatoms. The number of ether oxygens (including phenoxy) is 2. The van der Waals surface area contributed by atoms with Gasteiger partial charge in [0.1, 0.15) is 11.5 Å². The van der Waals surface area contributed by atoms with Crippen molar-refractivity contribution in [2.24, 2.45) is 0 Å². The smallest absolute Gasteiger partial charge is 0.280 e. The van der Waals surface area contributed by atoms with Crippen molar-refractivity contribution in [2.75, 3.05) is 19.1 Å². The molecular formula is C23H25N3O3. The molecule has 1 amide bonds. The Bertz CT molecular complexity index is 1050. The molecule has 1 aliphatic heterocycles. The van der Waals surface area contributed by atoms with E-state index in [2.05, 4.69) is 31.0 Å². The molecule has 0 aliphatic carbocycles. The monoisotopic (exact) mass is 391 g/mol. The lowest BCUT2D eigenvalue weighted by molar-refractivity contribution is 0.0988. The summed E-state index contributed by atoms with van der Waals surface area (Å²) >= 11 is 0. The minimum absolute atomic E-state index is 0.132. The molecule has 2 aromatic carbocycles. The van der Waals surface area contributed by atoms with Gasteiger partial charge in [-0.25, -0.2) is 0 Å². The van der Waals surface area contributed by atoms with E-state index in [1.54, 1.807) is 19.1 Å². The van der Waals surface area contributed by atoms with Crippen LogP contribution in [0.2, 0.25) is 0 Å². The first kappa shape index (κ1) is 19.1. The SMILES string of the molecule is COc1ccc(N2C(=O)c3n[nH]c(C(C)(C)C)c3[C@@H]2c2ccccc2OC)cc1. The summed E-state index contributed by atoms with van der Waals surface area (Å²) in [5.74, 6) is 1.34. The molecule has 0 saturated carbocycles. The van der Waals surface area contributed by atoms with Crippen LogP contribution < -0.4 is 14.4 Å². The van der Waals surface area contributed by atoms with E-state index in [1.165, 1.54) is 0 Å². The maximum absolute atomic E-state index is 13.4. The van der Waals surface area contributed by atoms with Gasteiger partial charge < -0.3 is 9.47 Å². The summed E-state index contributed by atoms with van der Waals surface area (Å²) in [4.78, 5) is 15.2. The van der Waals surface area contributed by atoms with Crippen molar-refractivity contribution in [1.29, 1.82) is 0 Å². The topological polar surface area (TPSA) is 67.5 Å². The second kappa shape index (κ2) is 6.95. The normalized spacial score (nSPS) is 16.1. The Kier molecular flexibility index (Phi) is 4.57.